The lowest BCUT2D eigenvalue weighted by Gasteiger charge is -2.36. The predicted molar refractivity (Wildman–Crippen MR) is 51.8 cm³/mol. The van der Waals surface area contributed by atoms with Crippen LogP contribution in [0.15, 0.2) is 12.4 Å². The molecule has 0 aliphatic carbocycles. The van der Waals surface area contributed by atoms with E-state index < -0.39 is 0 Å². The van der Waals surface area contributed by atoms with Crippen molar-refractivity contribution in [3.8, 4) is 6.07 Å². The first kappa shape index (κ1) is 8.91. The van der Waals surface area contributed by atoms with Gasteiger partial charge in [0.25, 0.3) is 0 Å². The molecule has 0 aromatic carbocycles. The lowest BCUT2D eigenvalue weighted by Crippen LogP contribution is -2.56. The Labute approximate surface area is 82.4 Å². The quantitative estimate of drug-likeness (QED) is 0.695. The van der Waals surface area contributed by atoms with E-state index in [-0.39, 0.29) is 0 Å². The van der Waals surface area contributed by atoms with Crippen molar-refractivity contribution in [2.45, 2.75) is 6.04 Å². The molecule has 1 aliphatic heterocycles. The molecule has 5 nitrogen and oxygen atoms in total. The van der Waals surface area contributed by atoms with Crippen LogP contribution >= 0.6 is 0 Å². The van der Waals surface area contributed by atoms with Crippen molar-refractivity contribution in [2.24, 2.45) is 0 Å². The largest absolute Gasteiger partial charge is 0.354 e. The van der Waals surface area contributed by atoms with Crippen molar-refractivity contribution in [3.05, 3.63) is 18.1 Å². The Morgan fingerprint density at radius 3 is 2.93 bits per heavy atom. The van der Waals surface area contributed by atoms with Gasteiger partial charge >= 0.3 is 0 Å². The molecule has 0 spiro atoms. The molecule has 1 aromatic heterocycles. The lowest BCUT2D eigenvalue weighted by atomic mass is 10.1. The summed E-state index contributed by atoms with van der Waals surface area (Å²) in [6.07, 6.45) is 1.43. The summed E-state index contributed by atoms with van der Waals surface area (Å²) in [5, 5.41) is 11.9. The highest BCUT2D eigenvalue weighted by atomic mass is 15.3. The predicted octanol–water partition coefficient (Wildman–Crippen LogP) is -0.244. The van der Waals surface area contributed by atoms with E-state index >= 15 is 0 Å². The van der Waals surface area contributed by atoms with Crippen molar-refractivity contribution >= 4 is 5.82 Å². The number of aromatic nitrogens is 2. The second-order valence-corrected chi connectivity index (χ2v) is 3.30. The number of hydrogen-bond donors (Lipinski definition) is 1. The molecule has 1 fully saturated rings. The molecular formula is C9H11N5. The van der Waals surface area contributed by atoms with E-state index in [9.17, 15) is 0 Å². The second-order valence-electron chi connectivity index (χ2n) is 3.30. The monoisotopic (exact) mass is 189 g/mol. The number of nitrogens with one attached hydrogen (secondary N) is 1. The van der Waals surface area contributed by atoms with Crippen LogP contribution in [0.4, 0.5) is 5.82 Å². The van der Waals surface area contributed by atoms with E-state index in [0.717, 1.165) is 18.9 Å². The second kappa shape index (κ2) is 3.60. The number of nitrogens with zero attached hydrogens (tertiary/aromatic N) is 4. The third kappa shape index (κ3) is 1.52. The van der Waals surface area contributed by atoms with E-state index in [1.807, 2.05) is 13.1 Å². The molecule has 72 valence electrons. The first-order valence-corrected chi connectivity index (χ1v) is 4.47. The number of hydrogen-bond acceptors (Lipinski definition) is 5. The summed E-state index contributed by atoms with van der Waals surface area (Å²) in [6, 6.07) is 4.19. The fraction of sp³-hybridized carbons (Fsp3) is 0.444. The van der Waals surface area contributed by atoms with Crippen molar-refractivity contribution in [1.29, 1.82) is 5.26 Å². The molecule has 1 aliphatic rings. The molecule has 0 saturated carbocycles. The molecular weight excluding hydrogens is 178 g/mol. The minimum atomic E-state index is 0.411. The average Bonchev–Trinajstić information content (AvgIpc) is 2.15. The number of nitriles is 1. The van der Waals surface area contributed by atoms with Gasteiger partial charge in [0.1, 0.15) is 23.9 Å². The molecule has 0 amide bonds. The lowest BCUT2D eigenvalue weighted by molar-refractivity contribution is 0.426. The highest BCUT2D eigenvalue weighted by molar-refractivity contribution is 5.42. The summed E-state index contributed by atoms with van der Waals surface area (Å²) in [5.41, 5.74) is 0.411. The van der Waals surface area contributed by atoms with E-state index in [0.29, 0.717) is 11.7 Å². The summed E-state index contributed by atoms with van der Waals surface area (Å²) in [4.78, 5) is 10.0. The van der Waals surface area contributed by atoms with Crippen LogP contribution in [0.25, 0.3) is 0 Å². The van der Waals surface area contributed by atoms with Crippen molar-refractivity contribution < 1.29 is 0 Å². The van der Waals surface area contributed by atoms with Gasteiger partial charge in [0.2, 0.25) is 0 Å². The molecule has 0 radical (unpaired) electrons. The zero-order valence-electron chi connectivity index (χ0n) is 7.94. The van der Waals surface area contributed by atoms with Gasteiger partial charge in [-0.2, -0.15) is 5.26 Å². The maximum Gasteiger partial charge on any atom is 0.145 e. The Balaban J connectivity index is 2.18. The third-order valence-corrected chi connectivity index (χ3v) is 2.44. The molecule has 2 heterocycles. The van der Waals surface area contributed by atoms with Gasteiger partial charge in [0.15, 0.2) is 0 Å². The van der Waals surface area contributed by atoms with Crippen molar-refractivity contribution in [2.75, 3.05) is 25.0 Å². The van der Waals surface area contributed by atoms with Crippen LogP contribution in [0.5, 0.6) is 0 Å². The van der Waals surface area contributed by atoms with Gasteiger partial charge in [-0.25, -0.2) is 9.97 Å². The fourth-order valence-corrected chi connectivity index (χ4v) is 1.34. The topological polar surface area (TPSA) is 64.8 Å². The zero-order valence-corrected chi connectivity index (χ0v) is 7.94. The van der Waals surface area contributed by atoms with Crippen molar-refractivity contribution in [3.63, 3.8) is 0 Å². The molecule has 5 heteroatoms. The van der Waals surface area contributed by atoms with Crippen LogP contribution in [-0.2, 0) is 0 Å². The zero-order chi connectivity index (χ0) is 9.97. The molecule has 0 bridgehead atoms. The van der Waals surface area contributed by atoms with E-state index in [1.165, 1.54) is 6.33 Å². The first-order valence-electron chi connectivity index (χ1n) is 4.47. The smallest absolute Gasteiger partial charge is 0.145 e. The first-order chi connectivity index (χ1) is 6.81. The fourth-order valence-electron chi connectivity index (χ4n) is 1.34. The summed E-state index contributed by atoms with van der Waals surface area (Å²) in [7, 11) is 1.98. The molecule has 0 atom stereocenters. The molecule has 2 rings (SSSR count). The van der Waals surface area contributed by atoms with Crippen LogP contribution in [0.1, 0.15) is 5.69 Å². The maximum absolute atomic E-state index is 8.68. The van der Waals surface area contributed by atoms with Crippen LogP contribution in [-0.4, -0.2) is 36.1 Å². The van der Waals surface area contributed by atoms with Crippen molar-refractivity contribution in [1.82, 2.24) is 15.3 Å². The number of rotatable bonds is 2. The van der Waals surface area contributed by atoms with Gasteiger partial charge in [-0.05, 0) is 0 Å². The Hall–Kier alpha value is -1.67. The average molecular weight is 189 g/mol. The standard InChI is InChI=1S/C9H11N5/c1-14(8-4-11-5-8)9-2-7(3-10)12-6-13-9/h2,6,8,11H,4-5H2,1H3. The van der Waals surface area contributed by atoms with Gasteiger partial charge in [-0.15, -0.1) is 0 Å². The van der Waals surface area contributed by atoms with Gasteiger partial charge in [-0.1, -0.05) is 0 Å². The number of likely N-dealkylation sites (N-methyl/N-ethyl adjacent to an activating group) is 1. The maximum atomic E-state index is 8.68. The van der Waals surface area contributed by atoms with Gasteiger partial charge in [-0.3, -0.25) is 0 Å². The van der Waals surface area contributed by atoms with E-state index in [4.69, 9.17) is 5.26 Å². The van der Waals surface area contributed by atoms with E-state index in [2.05, 4.69) is 20.2 Å². The Morgan fingerprint density at radius 1 is 1.57 bits per heavy atom. The Kier molecular flexibility index (Phi) is 2.29. The van der Waals surface area contributed by atoms with Crippen LogP contribution < -0.4 is 10.2 Å². The van der Waals surface area contributed by atoms with Gasteiger partial charge < -0.3 is 10.2 Å². The summed E-state index contributed by atoms with van der Waals surface area (Å²) in [6.45, 7) is 1.95. The highest BCUT2D eigenvalue weighted by Crippen LogP contribution is 2.13. The SMILES string of the molecule is CN(c1cc(C#N)ncn1)C1CNC1. The van der Waals surface area contributed by atoms with Crippen LogP contribution in [0.3, 0.4) is 0 Å². The molecule has 1 aromatic rings. The highest BCUT2D eigenvalue weighted by Gasteiger charge is 2.22. The molecule has 14 heavy (non-hydrogen) atoms. The molecule has 1 saturated heterocycles. The summed E-state index contributed by atoms with van der Waals surface area (Å²) in [5.74, 6) is 0.808. The Bertz CT molecular complexity index is 366. The minimum absolute atomic E-state index is 0.411. The third-order valence-electron chi connectivity index (χ3n) is 2.44. The number of anilines is 1. The molecule has 1 N–H and O–H groups in total. The minimum Gasteiger partial charge on any atom is -0.354 e. The van der Waals surface area contributed by atoms with Gasteiger partial charge in [0, 0.05) is 26.2 Å². The normalized spacial score (nSPS) is 15.7. The Morgan fingerprint density at radius 2 is 2.36 bits per heavy atom. The summed E-state index contributed by atoms with van der Waals surface area (Å²) < 4.78 is 0. The van der Waals surface area contributed by atoms with Crippen LogP contribution in [0, 0.1) is 11.3 Å². The van der Waals surface area contributed by atoms with Crippen LogP contribution in [0.2, 0.25) is 0 Å². The molecule has 0 unspecified atom stereocenters. The van der Waals surface area contributed by atoms with E-state index in [1.54, 1.807) is 6.07 Å². The summed E-state index contributed by atoms with van der Waals surface area (Å²) >= 11 is 0. The van der Waals surface area contributed by atoms with Gasteiger partial charge in [0.05, 0.1) is 6.04 Å².